The standard InChI is InChI=1S/C76H52O4/c77-75(78)71-47-35-65(36-48-71)59-23-19-57(20-24-59)63-31-43-69(44-32-63)73(67-39-27-61(28-40-67)55-15-11-53(12-16-55)51-7-3-1-4-8-51)74(68-41-29-62(30-42-68)56-17-13-54(14-18-56)52-9-5-2-6-10-52)70-45-33-64(34-46-70)58-21-25-60(26-22-58)66-37-49-72(50-38-66)76(79)80/h1-50H,(H,77,78)(H,79,80)/b74-73-. The van der Waals surface area contributed by atoms with Crippen molar-refractivity contribution in [1.29, 1.82) is 0 Å². The van der Waals surface area contributed by atoms with Crippen molar-refractivity contribution in [1.82, 2.24) is 0 Å². The van der Waals surface area contributed by atoms with Gasteiger partial charge >= 0.3 is 11.9 Å². The van der Waals surface area contributed by atoms with Crippen molar-refractivity contribution >= 4 is 23.1 Å². The van der Waals surface area contributed by atoms with Crippen LogP contribution < -0.4 is 0 Å². The van der Waals surface area contributed by atoms with Crippen LogP contribution in [-0.2, 0) is 0 Å². The first-order chi connectivity index (χ1) is 39.3. The molecule has 4 nitrogen and oxygen atoms in total. The summed E-state index contributed by atoms with van der Waals surface area (Å²) < 4.78 is 0. The second kappa shape index (κ2) is 22.5. The van der Waals surface area contributed by atoms with Crippen molar-refractivity contribution in [3.8, 4) is 89.0 Å². The van der Waals surface area contributed by atoms with E-state index in [1.165, 1.54) is 22.3 Å². The Labute approximate surface area is 466 Å². The molecule has 0 spiro atoms. The fourth-order valence-corrected chi connectivity index (χ4v) is 10.5. The van der Waals surface area contributed by atoms with Gasteiger partial charge in [-0.05, 0) is 147 Å². The fraction of sp³-hybridized carbons (Fsp3) is 0. The summed E-state index contributed by atoms with van der Waals surface area (Å²) in [4.78, 5) is 23.0. The Balaban J connectivity index is 0.952. The molecule has 380 valence electrons. The molecule has 0 aliphatic rings. The molecule has 0 heterocycles. The highest BCUT2D eigenvalue weighted by molar-refractivity contribution is 6.05. The molecule has 0 atom stereocenters. The Morgan fingerprint density at radius 3 is 0.438 bits per heavy atom. The predicted octanol–water partition coefficient (Wildman–Crippen LogP) is 19.4. The fourth-order valence-electron chi connectivity index (χ4n) is 10.5. The third-order valence-corrected chi connectivity index (χ3v) is 15.0. The van der Waals surface area contributed by atoms with E-state index in [1.54, 1.807) is 24.3 Å². The van der Waals surface area contributed by atoms with E-state index < -0.39 is 11.9 Å². The first-order valence-electron chi connectivity index (χ1n) is 26.6. The number of carbonyl (C=O) groups is 2. The zero-order valence-electron chi connectivity index (χ0n) is 43.6. The summed E-state index contributed by atoms with van der Waals surface area (Å²) in [7, 11) is 0. The minimum Gasteiger partial charge on any atom is -0.478 e. The molecule has 0 fully saturated rings. The van der Waals surface area contributed by atoms with E-state index >= 15 is 0 Å². The molecule has 2 N–H and O–H groups in total. The van der Waals surface area contributed by atoms with E-state index in [2.05, 4.69) is 243 Å². The van der Waals surface area contributed by atoms with Crippen molar-refractivity contribution in [2.75, 3.05) is 0 Å². The smallest absolute Gasteiger partial charge is 0.335 e. The molecule has 0 aliphatic heterocycles. The maximum Gasteiger partial charge on any atom is 0.335 e. The average molecular weight is 1030 g/mol. The van der Waals surface area contributed by atoms with Crippen molar-refractivity contribution in [2.45, 2.75) is 0 Å². The zero-order valence-corrected chi connectivity index (χ0v) is 43.6. The van der Waals surface area contributed by atoms with Crippen molar-refractivity contribution in [2.24, 2.45) is 0 Å². The second-order valence-corrected chi connectivity index (χ2v) is 19.9. The molecular formula is C76H52O4. The van der Waals surface area contributed by atoms with E-state index in [4.69, 9.17) is 0 Å². The highest BCUT2D eigenvalue weighted by Gasteiger charge is 2.19. The number of hydrogen-bond donors (Lipinski definition) is 2. The lowest BCUT2D eigenvalue weighted by Crippen LogP contribution is -1.98. The summed E-state index contributed by atoms with van der Waals surface area (Å²) in [6.07, 6.45) is 0. The van der Waals surface area contributed by atoms with Crippen molar-refractivity contribution < 1.29 is 19.8 Å². The number of benzene rings is 12. The maximum absolute atomic E-state index is 11.5. The second-order valence-electron chi connectivity index (χ2n) is 19.9. The molecule has 12 rings (SSSR count). The van der Waals surface area contributed by atoms with Crippen LogP contribution in [-0.4, -0.2) is 22.2 Å². The Kier molecular flexibility index (Phi) is 14.1. The van der Waals surface area contributed by atoms with Gasteiger partial charge in [-0.2, -0.15) is 0 Å². The summed E-state index contributed by atoms with van der Waals surface area (Å²) in [6, 6.07) is 105. The molecule has 0 saturated carbocycles. The number of aromatic carboxylic acids is 2. The van der Waals surface area contributed by atoms with Gasteiger partial charge in [0.1, 0.15) is 0 Å². The quantitative estimate of drug-likeness (QED) is 0.106. The molecule has 0 bridgehead atoms. The normalized spacial score (nSPS) is 11.4. The van der Waals surface area contributed by atoms with E-state index in [0.717, 1.165) is 100 Å². The highest BCUT2D eigenvalue weighted by atomic mass is 16.4. The molecule has 12 aromatic carbocycles. The topological polar surface area (TPSA) is 74.6 Å². The lowest BCUT2D eigenvalue weighted by atomic mass is 9.84. The van der Waals surface area contributed by atoms with Crippen LogP contribution in [0.15, 0.2) is 303 Å². The number of rotatable bonds is 14. The van der Waals surface area contributed by atoms with Gasteiger partial charge in [0.05, 0.1) is 11.1 Å². The van der Waals surface area contributed by atoms with E-state index in [0.29, 0.717) is 0 Å². The molecule has 80 heavy (non-hydrogen) atoms. The Morgan fingerprint density at radius 2 is 0.287 bits per heavy atom. The van der Waals surface area contributed by atoms with Crippen molar-refractivity contribution in [3.63, 3.8) is 0 Å². The first kappa shape index (κ1) is 50.2. The van der Waals surface area contributed by atoms with Crippen LogP contribution in [0.4, 0.5) is 0 Å². The SMILES string of the molecule is O=C(O)c1ccc(-c2ccc(-c3ccc(/C(=C(/c4ccc(-c5ccc(-c6ccccc6)cc5)cc4)c4ccc(-c5ccc(-c6ccc(C(=O)O)cc6)cc5)cc4)c4ccc(-c5ccc(-c6ccccc6)cc5)cc4)cc3)cc2)cc1. The molecule has 4 heteroatoms. The molecular weight excluding hydrogens is 977 g/mol. The lowest BCUT2D eigenvalue weighted by Gasteiger charge is -2.20. The molecule has 0 radical (unpaired) electrons. The van der Waals surface area contributed by atoms with Crippen LogP contribution >= 0.6 is 0 Å². The Morgan fingerprint density at radius 1 is 0.163 bits per heavy atom. The number of carboxylic acid groups (broad SMARTS) is 2. The van der Waals surface area contributed by atoms with Gasteiger partial charge in [-0.15, -0.1) is 0 Å². The van der Waals surface area contributed by atoms with Crippen molar-refractivity contribution in [3.05, 3.63) is 337 Å². The number of hydrogen-bond acceptors (Lipinski definition) is 2. The van der Waals surface area contributed by atoms with Crippen LogP contribution in [0.25, 0.3) is 100 Å². The lowest BCUT2D eigenvalue weighted by molar-refractivity contribution is 0.0686. The van der Waals surface area contributed by atoms with Gasteiger partial charge in [-0.1, -0.05) is 279 Å². The number of carboxylic acids is 2. The van der Waals surface area contributed by atoms with Crippen LogP contribution in [0.3, 0.4) is 0 Å². The Hall–Kier alpha value is -10.7. The molecule has 0 aliphatic carbocycles. The molecule has 0 saturated heterocycles. The average Bonchev–Trinajstić information content (AvgIpc) is 3.54. The van der Waals surface area contributed by atoms with Gasteiger partial charge < -0.3 is 10.2 Å². The van der Waals surface area contributed by atoms with E-state index in [1.807, 2.05) is 36.4 Å². The van der Waals surface area contributed by atoms with Crippen LogP contribution in [0.5, 0.6) is 0 Å². The molecule has 0 amide bonds. The zero-order chi connectivity index (χ0) is 54.4. The summed E-state index contributed by atoms with van der Waals surface area (Å²) in [5.74, 6) is -1.88. The highest BCUT2D eigenvalue weighted by Crippen LogP contribution is 2.41. The van der Waals surface area contributed by atoms with Gasteiger partial charge in [0.25, 0.3) is 0 Å². The van der Waals surface area contributed by atoms with Gasteiger partial charge in [0, 0.05) is 0 Å². The van der Waals surface area contributed by atoms with Gasteiger partial charge in [-0.3, -0.25) is 0 Å². The summed E-state index contributed by atoms with van der Waals surface area (Å²) >= 11 is 0. The predicted molar refractivity (Wildman–Crippen MR) is 328 cm³/mol. The largest absolute Gasteiger partial charge is 0.478 e. The van der Waals surface area contributed by atoms with Crippen LogP contribution in [0.2, 0.25) is 0 Å². The monoisotopic (exact) mass is 1030 g/mol. The Bertz CT molecular complexity index is 3850. The van der Waals surface area contributed by atoms with Gasteiger partial charge in [0.15, 0.2) is 0 Å². The van der Waals surface area contributed by atoms with Crippen LogP contribution in [0.1, 0.15) is 43.0 Å². The molecule has 0 unspecified atom stereocenters. The minimum atomic E-state index is -0.941. The van der Waals surface area contributed by atoms with Gasteiger partial charge in [0.2, 0.25) is 0 Å². The first-order valence-corrected chi connectivity index (χ1v) is 26.6. The third-order valence-electron chi connectivity index (χ3n) is 15.0. The molecule has 0 aromatic heterocycles. The maximum atomic E-state index is 11.5. The summed E-state index contributed by atoms with van der Waals surface area (Å²) in [5, 5.41) is 18.9. The third kappa shape index (κ3) is 10.8. The van der Waals surface area contributed by atoms with E-state index in [9.17, 15) is 19.8 Å². The summed E-state index contributed by atoms with van der Waals surface area (Å²) in [5.41, 5.74) is 24.5. The van der Waals surface area contributed by atoms with Crippen LogP contribution in [0, 0.1) is 0 Å². The van der Waals surface area contributed by atoms with E-state index in [-0.39, 0.29) is 11.1 Å². The minimum absolute atomic E-state index is 0.262. The summed E-state index contributed by atoms with van der Waals surface area (Å²) in [6.45, 7) is 0. The molecule has 12 aromatic rings. The van der Waals surface area contributed by atoms with Gasteiger partial charge in [-0.25, -0.2) is 9.59 Å².